The summed E-state index contributed by atoms with van der Waals surface area (Å²) in [6, 6.07) is 8.26. The molecule has 1 N–H and O–H groups in total. The van der Waals surface area contributed by atoms with Crippen molar-refractivity contribution in [2.75, 3.05) is 11.9 Å². The van der Waals surface area contributed by atoms with E-state index in [-0.39, 0.29) is 0 Å². The molecule has 0 aliphatic rings. The molecule has 106 valence electrons. The molecule has 0 aliphatic carbocycles. The van der Waals surface area contributed by atoms with E-state index >= 15 is 0 Å². The highest BCUT2D eigenvalue weighted by Crippen LogP contribution is 2.25. The van der Waals surface area contributed by atoms with E-state index in [2.05, 4.69) is 72.9 Å². The molecule has 0 atom stereocenters. The second-order valence-corrected chi connectivity index (χ2v) is 7.28. The monoisotopic (exact) mass is 463 g/mol. The fraction of sp³-hybridized carbons (Fsp3) is 0.286. The molecule has 1 heterocycles. The first-order valence-corrected chi connectivity index (χ1v) is 9.18. The van der Waals surface area contributed by atoms with Crippen LogP contribution in [0.1, 0.15) is 19.2 Å². The molecule has 0 fully saturated rings. The van der Waals surface area contributed by atoms with Crippen LogP contribution in [0.3, 0.4) is 0 Å². The molecule has 0 amide bonds. The van der Waals surface area contributed by atoms with E-state index < -0.39 is 0 Å². The first-order valence-electron chi connectivity index (χ1n) is 6.32. The smallest absolute Gasteiger partial charge is 0.143 e. The van der Waals surface area contributed by atoms with Gasteiger partial charge in [0.25, 0.3) is 0 Å². The number of halogens is 2. The molecular weight excluding hydrogens is 449 g/mol. The van der Waals surface area contributed by atoms with Gasteiger partial charge >= 0.3 is 0 Å². The average Bonchev–Trinajstić information content (AvgIpc) is 2.45. The van der Waals surface area contributed by atoms with Crippen LogP contribution in [0.5, 0.6) is 0 Å². The Morgan fingerprint density at radius 3 is 3.00 bits per heavy atom. The quantitative estimate of drug-likeness (QED) is 0.485. The maximum atomic E-state index is 4.59. The number of thioether (sulfide) groups is 1. The predicted molar refractivity (Wildman–Crippen MR) is 97.2 cm³/mol. The first kappa shape index (κ1) is 16.0. The van der Waals surface area contributed by atoms with Gasteiger partial charge in [-0.2, -0.15) is 0 Å². The Balaban J connectivity index is 2.02. The summed E-state index contributed by atoms with van der Waals surface area (Å²) in [7, 11) is 0. The number of nitrogens with zero attached hydrogens (tertiary/aromatic N) is 2. The topological polar surface area (TPSA) is 37.8 Å². The van der Waals surface area contributed by atoms with Crippen molar-refractivity contribution < 1.29 is 0 Å². The van der Waals surface area contributed by atoms with Crippen LogP contribution in [-0.2, 0) is 5.75 Å². The van der Waals surface area contributed by atoms with Crippen molar-refractivity contribution in [1.29, 1.82) is 0 Å². The van der Waals surface area contributed by atoms with E-state index in [1.165, 1.54) is 4.90 Å². The Morgan fingerprint density at radius 1 is 1.40 bits per heavy atom. The normalized spacial score (nSPS) is 10.6. The van der Waals surface area contributed by atoms with E-state index in [0.29, 0.717) is 0 Å². The lowest BCUT2D eigenvalue weighted by Gasteiger charge is -2.08. The van der Waals surface area contributed by atoms with Gasteiger partial charge in [0.1, 0.15) is 11.6 Å². The summed E-state index contributed by atoms with van der Waals surface area (Å²) < 4.78 is 2.16. The van der Waals surface area contributed by atoms with Crippen LogP contribution in [0.2, 0.25) is 0 Å². The number of nitrogens with one attached hydrogen (secondary N) is 1. The first-order chi connectivity index (χ1) is 9.69. The number of hydrogen-bond donors (Lipinski definition) is 1. The van der Waals surface area contributed by atoms with E-state index in [1.807, 2.05) is 18.3 Å². The van der Waals surface area contributed by atoms with Crippen LogP contribution in [0, 0.1) is 3.57 Å². The lowest BCUT2D eigenvalue weighted by Crippen LogP contribution is -2.06. The van der Waals surface area contributed by atoms with Gasteiger partial charge in [0.05, 0.1) is 9.32 Å². The largest absolute Gasteiger partial charge is 0.369 e. The molecule has 2 aromatic rings. The molecule has 0 spiro atoms. The SMILES string of the molecule is CCCNc1nc(CSc2cccc(Br)c2)ncc1I. The van der Waals surface area contributed by atoms with Crippen molar-refractivity contribution >= 4 is 56.1 Å². The van der Waals surface area contributed by atoms with Crippen molar-refractivity contribution in [1.82, 2.24) is 9.97 Å². The van der Waals surface area contributed by atoms with E-state index in [1.54, 1.807) is 11.8 Å². The molecule has 3 nitrogen and oxygen atoms in total. The Kier molecular flexibility index (Phi) is 6.57. The Labute approximate surface area is 145 Å². The summed E-state index contributed by atoms with van der Waals surface area (Å²) >= 11 is 7.48. The molecule has 6 heteroatoms. The van der Waals surface area contributed by atoms with Crippen LogP contribution < -0.4 is 5.32 Å². The van der Waals surface area contributed by atoms with Gasteiger partial charge in [0.2, 0.25) is 0 Å². The molecule has 0 saturated carbocycles. The van der Waals surface area contributed by atoms with Crippen molar-refractivity contribution in [2.45, 2.75) is 24.0 Å². The highest BCUT2D eigenvalue weighted by atomic mass is 127. The molecular formula is C14H15BrIN3S. The predicted octanol–water partition coefficient (Wildman–Crippen LogP) is 4.96. The molecule has 0 unspecified atom stereocenters. The number of rotatable bonds is 6. The molecule has 0 aliphatic heterocycles. The molecule has 20 heavy (non-hydrogen) atoms. The van der Waals surface area contributed by atoms with Gasteiger partial charge in [0, 0.05) is 22.1 Å². The second kappa shape index (κ2) is 8.19. The van der Waals surface area contributed by atoms with Crippen molar-refractivity contribution in [3.8, 4) is 0 Å². The maximum Gasteiger partial charge on any atom is 0.143 e. The van der Waals surface area contributed by atoms with Gasteiger partial charge in [-0.05, 0) is 47.2 Å². The number of benzene rings is 1. The van der Waals surface area contributed by atoms with Crippen LogP contribution >= 0.6 is 50.3 Å². The molecule has 0 saturated heterocycles. The van der Waals surface area contributed by atoms with Crippen molar-refractivity contribution in [2.24, 2.45) is 0 Å². The Morgan fingerprint density at radius 2 is 2.25 bits per heavy atom. The van der Waals surface area contributed by atoms with Crippen LogP contribution in [0.4, 0.5) is 5.82 Å². The van der Waals surface area contributed by atoms with Crippen LogP contribution in [0.15, 0.2) is 39.8 Å². The zero-order valence-electron chi connectivity index (χ0n) is 11.1. The van der Waals surface area contributed by atoms with Gasteiger partial charge in [-0.25, -0.2) is 9.97 Å². The zero-order chi connectivity index (χ0) is 14.4. The third-order valence-corrected chi connectivity index (χ3v) is 4.77. The standard InChI is InChI=1S/C14H15BrIN3S/c1-2-6-17-14-12(16)8-18-13(19-14)9-20-11-5-3-4-10(15)7-11/h3-5,7-8H,2,6,9H2,1H3,(H,17,18,19). The second-order valence-electron chi connectivity index (χ2n) is 4.16. The highest BCUT2D eigenvalue weighted by molar-refractivity contribution is 14.1. The van der Waals surface area contributed by atoms with Crippen LogP contribution in [0.25, 0.3) is 0 Å². The third kappa shape index (κ3) is 4.89. The number of aromatic nitrogens is 2. The number of hydrogen-bond acceptors (Lipinski definition) is 4. The summed E-state index contributed by atoms with van der Waals surface area (Å²) in [6.45, 7) is 3.08. The maximum absolute atomic E-state index is 4.59. The molecule has 1 aromatic heterocycles. The van der Waals surface area contributed by atoms with E-state index in [0.717, 1.165) is 38.4 Å². The summed E-state index contributed by atoms with van der Waals surface area (Å²) in [4.78, 5) is 10.2. The lowest BCUT2D eigenvalue weighted by atomic mass is 10.4. The van der Waals surface area contributed by atoms with Gasteiger partial charge in [-0.3, -0.25) is 0 Å². The Hall–Kier alpha value is -0.340. The summed E-state index contributed by atoms with van der Waals surface area (Å²) in [5.41, 5.74) is 0. The molecule has 1 aromatic carbocycles. The van der Waals surface area contributed by atoms with Gasteiger partial charge in [-0.1, -0.05) is 28.9 Å². The fourth-order valence-electron chi connectivity index (χ4n) is 1.55. The van der Waals surface area contributed by atoms with Gasteiger partial charge < -0.3 is 5.32 Å². The average molecular weight is 464 g/mol. The van der Waals surface area contributed by atoms with Gasteiger partial charge in [0.15, 0.2) is 0 Å². The zero-order valence-corrected chi connectivity index (χ0v) is 15.6. The van der Waals surface area contributed by atoms with Gasteiger partial charge in [-0.15, -0.1) is 11.8 Å². The highest BCUT2D eigenvalue weighted by Gasteiger charge is 2.05. The fourth-order valence-corrected chi connectivity index (χ4v) is 3.37. The molecule has 0 bridgehead atoms. The molecule has 0 radical (unpaired) electrons. The summed E-state index contributed by atoms with van der Waals surface area (Å²) in [5, 5.41) is 3.33. The summed E-state index contributed by atoms with van der Waals surface area (Å²) in [5.74, 6) is 2.56. The number of anilines is 1. The van der Waals surface area contributed by atoms with E-state index in [9.17, 15) is 0 Å². The molecule has 2 rings (SSSR count). The van der Waals surface area contributed by atoms with Crippen molar-refractivity contribution in [3.05, 3.63) is 44.3 Å². The minimum Gasteiger partial charge on any atom is -0.369 e. The minimum absolute atomic E-state index is 0.772. The summed E-state index contributed by atoms with van der Waals surface area (Å²) in [6.07, 6.45) is 2.96. The van der Waals surface area contributed by atoms with Crippen molar-refractivity contribution in [3.63, 3.8) is 0 Å². The van der Waals surface area contributed by atoms with Crippen LogP contribution in [-0.4, -0.2) is 16.5 Å². The Bertz CT molecular complexity index is 580. The minimum atomic E-state index is 0.772. The third-order valence-electron chi connectivity index (χ3n) is 2.50. The van der Waals surface area contributed by atoms with E-state index in [4.69, 9.17) is 0 Å². The lowest BCUT2D eigenvalue weighted by molar-refractivity contribution is 0.946.